The Morgan fingerprint density at radius 3 is 2.50 bits per heavy atom. The van der Waals surface area contributed by atoms with Gasteiger partial charge in [-0.15, -0.1) is 0 Å². The lowest BCUT2D eigenvalue weighted by molar-refractivity contribution is -0.134. The standard InChI is InChI=1S/C19H23NO2/c1-15-8-7-11-17(14-15)22-19(2,3)18(21)20-13-12-16-9-5-4-6-10-16/h4-11,14H,12-13H2,1-3H3,(H,20,21). The molecule has 0 aliphatic rings. The maximum absolute atomic E-state index is 12.3. The van der Waals surface area contributed by atoms with Crippen LogP contribution in [0.4, 0.5) is 0 Å². The van der Waals surface area contributed by atoms with Gasteiger partial charge in [0, 0.05) is 6.54 Å². The molecule has 0 saturated heterocycles. The third-order valence-electron chi connectivity index (χ3n) is 3.45. The monoisotopic (exact) mass is 297 g/mol. The van der Waals surface area contributed by atoms with Crippen molar-refractivity contribution in [1.29, 1.82) is 0 Å². The summed E-state index contributed by atoms with van der Waals surface area (Å²) in [6.07, 6.45) is 0.813. The lowest BCUT2D eigenvalue weighted by Crippen LogP contribution is -2.47. The van der Waals surface area contributed by atoms with E-state index < -0.39 is 5.60 Å². The Labute approximate surface area is 132 Å². The number of hydrogen-bond donors (Lipinski definition) is 1. The van der Waals surface area contributed by atoms with Crippen molar-refractivity contribution in [2.45, 2.75) is 32.8 Å². The predicted octanol–water partition coefficient (Wildman–Crippen LogP) is 3.51. The molecule has 0 aromatic heterocycles. The van der Waals surface area contributed by atoms with Gasteiger partial charge in [0.2, 0.25) is 0 Å². The maximum Gasteiger partial charge on any atom is 0.263 e. The Hall–Kier alpha value is -2.29. The van der Waals surface area contributed by atoms with E-state index in [4.69, 9.17) is 4.74 Å². The molecule has 0 unspecified atom stereocenters. The average Bonchev–Trinajstić information content (AvgIpc) is 2.47. The van der Waals surface area contributed by atoms with Crippen LogP contribution < -0.4 is 10.1 Å². The van der Waals surface area contributed by atoms with Gasteiger partial charge in [-0.25, -0.2) is 0 Å². The number of ether oxygens (including phenoxy) is 1. The molecule has 3 heteroatoms. The van der Waals surface area contributed by atoms with Crippen LogP contribution in [-0.2, 0) is 11.2 Å². The maximum atomic E-state index is 12.3. The molecule has 22 heavy (non-hydrogen) atoms. The molecular formula is C19H23NO2. The highest BCUT2D eigenvalue weighted by Crippen LogP contribution is 2.19. The minimum absolute atomic E-state index is 0.107. The van der Waals surface area contributed by atoms with Gasteiger partial charge in [-0.1, -0.05) is 42.5 Å². The smallest absolute Gasteiger partial charge is 0.263 e. The molecule has 0 atom stereocenters. The third-order valence-corrected chi connectivity index (χ3v) is 3.45. The fourth-order valence-corrected chi connectivity index (χ4v) is 2.20. The van der Waals surface area contributed by atoms with Gasteiger partial charge in [0.1, 0.15) is 5.75 Å². The van der Waals surface area contributed by atoms with Crippen LogP contribution in [0, 0.1) is 6.92 Å². The number of aryl methyl sites for hydroxylation is 1. The van der Waals surface area contributed by atoms with Gasteiger partial charge in [0.05, 0.1) is 0 Å². The molecule has 0 aliphatic carbocycles. The number of rotatable bonds is 6. The van der Waals surface area contributed by atoms with Crippen molar-refractivity contribution in [1.82, 2.24) is 5.32 Å². The first-order valence-electron chi connectivity index (χ1n) is 7.55. The second-order valence-electron chi connectivity index (χ2n) is 5.92. The van der Waals surface area contributed by atoms with Crippen LogP contribution in [0.1, 0.15) is 25.0 Å². The van der Waals surface area contributed by atoms with Crippen LogP contribution in [0.25, 0.3) is 0 Å². The van der Waals surface area contributed by atoms with Gasteiger partial charge in [0.15, 0.2) is 5.60 Å². The Kier molecular flexibility index (Phi) is 5.21. The van der Waals surface area contributed by atoms with Gasteiger partial charge in [0.25, 0.3) is 5.91 Å². The summed E-state index contributed by atoms with van der Waals surface area (Å²) in [6.45, 7) is 6.17. The van der Waals surface area contributed by atoms with Crippen molar-refractivity contribution in [3.8, 4) is 5.75 Å². The van der Waals surface area contributed by atoms with Gasteiger partial charge in [-0.2, -0.15) is 0 Å². The average molecular weight is 297 g/mol. The zero-order valence-electron chi connectivity index (χ0n) is 13.4. The lowest BCUT2D eigenvalue weighted by atomic mass is 10.1. The summed E-state index contributed by atoms with van der Waals surface area (Å²) in [6, 6.07) is 17.8. The second kappa shape index (κ2) is 7.12. The quantitative estimate of drug-likeness (QED) is 0.886. The van der Waals surface area contributed by atoms with E-state index in [1.165, 1.54) is 5.56 Å². The van der Waals surface area contributed by atoms with Crippen molar-refractivity contribution in [2.75, 3.05) is 6.54 Å². The van der Waals surface area contributed by atoms with Crippen LogP contribution >= 0.6 is 0 Å². The van der Waals surface area contributed by atoms with Crippen LogP contribution in [0.3, 0.4) is 0 Å². The highest BCUT2D eigenvalue weighted by Gasteiger charge is 2.29. The van der Waals surface area contributed by atoms with Gasteiger partial charge in [-0.05, 0) is 50.5 Å². The Bertz CT molecular complexity index is 620. The van der Waals surface area contributed by atoms with E-state index in [1.807, 2.05) is 49.4 Å². The van der Waals surface area contributed by atoms with Gasteiger partial charge in [-0.3, -0.25) is 4.79 Å². The number of benzene rings is 2. The SMILES string of the molecule is Cc1cccc(OC(C)(C)C(=O)NCCc2ccccc2)c1. The first-order chi connectivity index (χ1) is 10.5. The molecule has 0 heterocycles. The fraction of sp³-hybridized carbons (Fsp3) is 0.316. The van der Waals surface area contributed by atoms with Crippen molar-refractivity contribution < 1.29 is 9.53 Å². The molecule has 1 amide bonds. The summed E-state index contributed by atoms with van der Waals surface area (Å²) in [7, 11) is 0. The molecule has 0 fully saturated rings. The van der Waals surface area contributed by atoms with E-state index in [2.05, 4.69) is 17.4 Å². The first kappa shape index (κ1) is 16.1. The Morgan fingerprint density at radius 1 is 1.09 bits per heavy atom. The number of hydrogen-bond acceptors (Lipinski definition) is 2. The van der Waals surface area contributed by atoms with Crippen molar-refractivity contribution in [3.05, 3.63) is 65.7 Å². The second-order valence-corrected chi connectivity index (χ2v) is 5.92. The summed E-state index contributed by atoms with van der Waals surface area (Å²) in [4.78, 5) is 12.3. The minimum atomic E-state index is -0.898. The molecule has 1 N–H and O–H groups in total. The number of amides is 1. The summed E-state index contributed by atoms with van der Waals surface area (Å²) >= 11 is 0. The Balaban J connectivity index is 1.87. The van der Waals surface area contributed by atoms with E-state index in [-0.39, 0.29) is 5.91 Å². The molecule has 0 spiro atoms. The molecule has 2 aromatic rings. The van der Waals surface area contributed by atoms with Crippen molar-refractivity contribution in [3.63, 3.8) is 0 Å². The molecule has 0 saturated carbocycles. The molecule has 0 radical (unpaired) electrons. The van der Waals surface area contributed by atoms with Crippen LogP contribution in [0.2, 0.25) is 0 Å². The summed E-state index contributed by atoms with van der Waals surface area (Å²) in [5, 5.41) is 2.94. The van der Waals surface area contributed by atoms with Crippen LogP contribution in [0.15, 0.2) is 54.6 Å². The molecular weight excluding hydrogens is 274 g/mol. The molecule has 2 aromatic carbocycles. The highest BCUT2D eigenvalue weighted by molar-refractivity contribution is 5.84. The van der Waals surface area contributed by atoms with Gasteiger partial charge < -0.3 is 10.1 Å². The van der Waals surface area contributed by atoms with E-state index in [0.717, 1.165) is 12.0 Å². The summed E-state index contributed by atoms with van der Waals surface area (Å²) in [5.74, 6) is 0.605. The zero-order chi connectivity index (χ0) is 16.0. The van der Waals surface area contributed by atoms with Crippen molar-refractivity contribution in [2.24, 2.45) is 0 Å². The summed E-state index contributed by atoms with van der Waals surface area (Å²) < 4.78 is 5.84. The third kappa shape index (κ3) is 4.62. The van der Waals surface area contributed by atoms with Crippen molar-refractivity contribution >= 4 is 5.91 Å². The van der Waals surface area contributed by atoms with E-state index in [1.54, 1.807) is 13.8 Å². The highest BCUT2D eigenvalue weighted by atomic mass is 16.5. The van der Waals surface area contributed by atoms with E-state index in [9.17, 15) is 4.79 Å². The fourth-order valence-electron chi connectivity index (χ4n) is 2.20. The van der Waals surface area contributed by atoms with E-state index in [0.29, 0.717) is 12.3 Å². The number of nitrogens with one attached hydrogen (secondary N) is 1. The largest absolute Gasteiger partial charge is 0.478 e. The van der Waals surface area contributed by atoms with Gasteiger partial charge >= 0.3 is 0 Å². The lowest BCUT2D eigenvalue weighted by Gasteiger charge is -2.25. The normalized spacial score (nSPS) is 11.0. The number of carbonyl (C=O) groups excluding carboxylic acids is 1. The minimum Gasteiger partial charge on any atom is -0.478 e. The molecule has 116 valence electrons. The molecule has 2 rings (SSSR count). The topological polar surface area (TPSA) is 38.3 Å². The molecule has 0 aliphatic heterocycles. The van der Waals surface area contributed by atoms with E-state index >= 15 is 0 Å². The molecule has 3 nitrogen and oxygen atoms in total. The first-order valence-corrected chi connectivity index (χ1v) is 7.55. The number of carbonyl (C=O) groups is 1. The summed E-state index contributed by atoms with van der Waals surface area (Å²) in [5.41, 5.74) is 1.42. The zero-order valence-corrected chi connectivity index (χ0v) is 13.4. The Morgan fingerprint density at radius 2 is 1.82 bits per heavy atom. The predicted molar refractivity (Wildman–Crippen MR) is 89.0 cm³/mol. The molecule has 0 bridgehead atoms. The van der Waals surface area contributed by atoms with Crippen LogP contribution in [0.5, 0.6) is 5.75 Å². The van der Waals surface area contributed by atoms with Crippen LogP contribution in [-0.4, -0.2) is 18.1 Å².